The van der Waals surface area contributed by atoms with Gasteiger partial charge < -0.3 is 10.1 Å². The summed E-state index contributed by atoms with van der Waals surface area (Å²) in [6, 6.07) is 4.61. The number of methoxy groups -OCH3 is 1. The molecule has 1 atom stereocenters. The predicted molar refractivity (Wildman–Crippen MR) is 68.4 cm³/mol. The second-order valence-corrected chi connectivity index (χ2v) is 4.51. The van der Waals surface area contributed by atoms with E-state index in [-0.39, 0.29) is 0 Å². The number of pyridine rings is 1. The van der Waals surface area contributed by atoms with E-state index in [0.717, 1.165) is 38.5 Å². The van der Waals surface area contributed by atoms with E-state index in [1.165, 1.54) is 5.56 Å². The first-order chi connectivity index (χ1) is 8.31. The largest absolute Gasteiger partial charge is 0.481 e. The number of ether oxygens (including phenoxy) is 1. The fourth-order valence-electron chi connectivity index (χ4n) is 2.33. The number of piperazine rings is 1. The molecule has 1 N–H and O–H groups in total. The topological polar surface area (TPSA) is 37.4 Å². The van der Waals surface area contributed by atoms with Gasteiger partial charge in [-0.05, 0) is 19.4 Å². The van der Waals surface area contributed by atoms with Crippen molar-refractivity contribution in [1.82, 2.24) is 15.2 Å². The Kier molecular flexibility index (Phi) is 4.34. The Morgan fingerprint density at radius 3 is 2.94 bits per heavy atom. The summed E-state index contributed by atoms with van der Waals surface area (Å²) in [7, 11) is 1.68. The zero-order valence-electron chi connectivity index (χ0n) is 10.6. The molecule has 0 amide bonds. The zero-order chi connectivity index (χ0) is 12.1. The molecular weight excluding hydrogens is 214 g/mol. The molecule has 0 aliphatic carbocycles. The summed E-state index contributed by atoms with van der Waals surface area (Å²) >= 11 is 0. The fourth-order valence-corrected chi connectivity index (χ4v) is 2.33. The number of aromatic nitrogens is 1. The van der Waals surface area contributed by atoms with Crippen molar-refractivity contribution < 1.29 is 4.74 Å². The summed E-state index contributed by atoms with van der Waals surface area (Å²) in [6.07, 6.45) is 2.77. The van der Waals surface area contributed by atoms with Gasteiger partial charge in [0.1, 0.15) is 0 Å². The van der Waals surface area contributed by atoms with Crippen molar-refractivity contribution in [3.05, 3.63) is 23.9 Å². The molecule has 4 nitrogen and oxygen atoms in total. The molecule has 1 aromatic rings. The molecular formula is C13H21N3O. The van der Waals surface area contributed by atoms with Crippen LogP contribution in [0.4, 0.5) is 0 Å². The van der Waals surface area contributed by atoms with Gasteiger partial charge in [-0.1, -0.05) is 6.07 Å². The van der Waals surface area contributed by atoms with Crippen molar-refractivity contribution >= 4 is 0 Å². The van der Waals surface area contributed by atoms with Crippen molar-refractivity contribution in [3.63, 3.8) is 0 Å². The lowest BCUT2D eigenvalue weighted by atomic mass is 10.1. The van der Waals surface area contributed by atoms with Gasteiger partial charge in [-0.15, -0.1) is 0 Å². The molecule has 1 aliphatic heterocycles. The Balaban J connectivity index is 1.99. The molecule has 0 spiro atoms. The average molecular weight is 235 g/mol. The van der Waals surface area contributed by atoms with Gasteiger partial charge in [0.2, 0.25) is 5.88 Å². The van der Waals surface area contributed by atoms with Crippen LogP contribution in [0.25, 0.3) is 0 Å². The molecule has 1 fully saturated rings. The van der Waals surface area contributed by atoms with E-state index in [0.29, 0.717) is 6.04 Å². The summed E-state index contributed by atoms with van der Waals surface area (Å²) in [5.41, 5.74) is 1.20. The summed E-state index contributed by atoms with van der Waals surface area (Å²) in [5, 5.41) is 3.38. The fraction of sp³-hybridized carbons (Fsp3) is 0.615. The number of hydrogen-bond acceptors (Lipinski definition) is 4. The molecule has 0 saturated carbocycles. The van der Waals surface area contributed by atoms with E-state index < -0.39 is 0 Å². The number of hydrogen-bond donors (Lipinski definition) is 1. The van der Waals surface area contributed by atoms with E-state index in [2.05, 4.69) is 28.2 Å². The Morgan fingerprint density at radius 2 is 2.24 bits per heavy atom. The third kappa shape index (κ3) is 3.17. The van der Waals surface area contributed by atoms with Crippen molar-refractivity contribution in [2.75, 3.05) is 33.3 Å². The highest BCUT2D eigenvalue weighted by molar-refractivity contribution is 5.26. The minimum absolute atomic E-state index is 0.537. The smallest absolute Gasteiger partial charge is 0.216 e. The average Bonchev–Trinajstić information content (AvgIpc) is 2.40. The highest BCUT2D eigenvalue weighted by Crippen LogP contribution is 2.17. The first-order valence-corrected chi connectivity index (χ1v) is 6.24. The predicted octanol–water partition coefficient (Wildman–Crippen LogP) is 0.926. The molecule has 1 aromatic heterocycles. The molecule has 17 heavy (non-hydrogen) atoms. The van der Waals surface area contributed by atoms with Crippen LogP contribution in [0.5, 0.6) is 5.88 Å². The van der Waals surface area contributed by atoms with Crippen molar-refractivity contribution in [2.24, 2.45) is 0 Å². The zero-order valence-corrected chi connectivity index (χ0v) is 10.6. The normalized spacial score (nSPS) is 18.9. The molecule has 0 aromatic carbocycles. The minimum atomic E-state index is 0.537. The van der Waals surface area contributed by atoms with Crippen LogP contribution in [0, 0.1) is 0 Å². The van der Waals surface area contributed by atoms with Crippen LogP contribution in [0.3, 0.4) is 0 Å². The molecule has 94 valence electrons. The maximum atomic E-state index is 5.29. The maximum absolute atomic E-state index is 5.29. The van der Waals surface area contributed by atoms with Crippen LogP contribution in [0.15, 0.2) is 18.3 Å². The lowest BCUT2D eigenvalue weighted by Gasteiger charge is -2.33. The van der Waals surface area contributed by atoms with Gasteiger partial charge in [0, 0.05) is 44.0 Å². The van der Waals surface area contributed by atoms with Gasteiger partial charge >= 0.3 is 0 Å². The van der Waals surface area contributed by atoms with E-state index in [4.69, 9.17) is 4.74 Å². The molecule has 2 heterocycles. The SMILES string of the molecule is COc1ncccc1CC(C)N1CCNCC1. The summed E-state index contributed by atoms with van der Waals surface area (Å²) in [4.78, 5) is 6.76. The number of nitrogens with one attached hydrogen (secondary N) is 1. The summed E-state index contributed by atoms with van der Waals surface area (Å²) in [6.45, 7) is 6.72. The van der Waals surface area contributed by atoms with E-state index in [1.807, 2.05) is 6.07 Å². The van der Waals surface area contributed by atoms with Crippen LogP contribution >= 0.6 is 0 Å². The maximum Gasteiger partial charge on any atom is 0.216 e. The monoisotopic (exact) mass is 235 g/mol. The molecule has 1 saturated heterocycles. The Hall–Kier alpha value is -1.13. The molecule has 0 bridgehead atoms. The third-order valence-electron chi connectivity index (χ3n) is 3.33. The van der Waals surface area contributed by atoms with E-state index in [9.17, 15) is 0 Å². The number of rotatable bonds is 4. The quantitative estimate of drug-likeness (QED) is 0.842. The Bertz CT molecular complexity index is 350. The van der Waals surface area contributed by atoms with Gasteiger partial charge in [-0.3, -0.25) is 4.90 Å². The Labute approximate surface area is 103 Å². The van der Waals surface area contributed by atoms with Gasteiger partial charge in [0.25, 0.3) is 0 Å². The standard InChI is InChI=1S/C13H21N3O/c1-11(16-8-6-14-7-9-16)10-12-4-3-5-15-13(12)17-2/h3-5,11,14H,6-10H2,1-2H3. The van der Waals surface area contributed by atoms with Crippen molar-refractivity contribution in [3.8, 4) is 5.88 Å². The number of nitrogens with zero attached hydrogens (tertiary/aromatic N) is 2. The van der Waals surface area contributed by atoms with Gasteiger partial charge in [-0.2, -0.15) is 0 Å². The lowest BCUT2D eigenvalue weighted by molar-refractivity contribution is 0.182. The third-order valence-corrected chi connectivity index (χ3v) is 3.33. The van der Waals surface area contributed by atoms with Crippen LogP contribution in [0.2, 0.25) is 0 Å². The molecule has 1 aliphatic rings. The highest BCUT2D eigenvalue weighted by Gasteiger charge is 2.18. The van der Waals surface area contributed by atoms with Gasteiger partial charge in [0.15, 0.2) is 0 Å². The Morgan fingerprint density at radius 1 is 1.47 bits per heavy atom. The summed E-state index contributed by atoms with van der Waals surface area (Å²) < 4.78 is 5.29. The van der Waals surface area contributed by atoms with Crippen molar-refractivity contribution in [1.29, 1.82) is 0 Å². The van der Waals surface area contributed by atoms with Crippen molar-refractivity contribution in [2.45, 2.75) is 19.4 Å². The molecule has 1 unspecified atom stereocenters. The second kappa shape index (κ2) is 5.98. The first-order valence-electron chi connectivity index (χ1n) is 6.24. The highest BCUT2D eigenvalue weighted by atomic mass is 16.5. The molecule has 4 heteroatoms. The van der Waals surface area contributed by atoms with Crippen LogP contribution < -0.4 is 10.1 Å². The summed E-state index contributed by atoms with van der Waals surface area (Å²) in [5.74, 6) is 0.759. The minimum Gasteiger partial charge on any atom is -0.481 e. The lowest BCUT2D eigenvalue weighted by Crippen LogP contribution is -2.48. The van der Waals surface area contributed by atoms with Gasteiger partial charge in [0.05, 0.1) is 7.11 Å². The van der Waals surface area contributed by atoms with E-state index in [1.54, 1.807) is 13.3 Å². The van der Waals surface area contributed by atoms with E-state index >= 15 is 0 Å². The van der Waals surface area contributed by atoms with Crippen LogP contribution in [-0.2, 0) is 6.42 Å². The molecule has 2 rings (SSSR count). The second-order valence-electron chi connectivity index (χ2n) is 4.51. The van der Waals surface area contributed by atoms with Crippen LogP contribution in [-0.4, -0.2) is 49.2 Å². The first kappa shape index (κ1) is 12.3. The molecule has 0 radical (unpaired) electrons. The van der Waals surface area contributed by atoms with Crippen LogP contribution in [0.1, 0.15) is 12.5 Å². The van der Waals surface area contributed by atoms with Gasteiger partial charge in [-0.25, -0.2) is 4.98 Å².